The zero-order valence-electron chi connectivity index (χ0n) is 10.7. The summed E-state index contributed by atoms with van der Waals surface area (Å²) in [5.74, 6) is 0. The topological polar surface area (TPSA) is 20.2 Å². The first-order valence-electron chi connectivity index (χ1n) is 5.93. The SMILES string of the molecule is Cc1cc(C2(C)C=CC(C(F)(F)F)=CC2)sc1CO. The van der Waals surface area contributed by atoms with Gasteiger partial charge in [0.05, 0.1) is 12.2 Å². The van der Waals surface area contributed by atoms with E-state index < -0.39 is 17.2 Å². The zero-order valence-corrected chi connectivity index (χ0v) is 11.5. The number of alkyl halides is 3. The van der Waals surface area contributed by atoms with Crippen molar-refractivity contribution >= 4 is 11.3 Å². The van der Waals surface area contributed by atoms with Crippen molar-refractivity contribution in [1.82, 2.24) is 0 Å². The van der Waals surface area contributed by atoms with Gasteiger partial charge in [-0.15, -0.1) is 11.3 Å². The predicted molar refractivity (Wildman–Crippen MR) is 70.2 cm³/mol. The number of rotatable bonds is 2. The largest absolute Gasteiger partial charge is 0.416 e. The van der Waals surface area contributed by atoms with Crippen LogP contribution in [0.5, 0.6) is 0 Å². The Labute approximate surface area is 114 Å². The molecule has 1 aromatic heterocycles. The highest BCUT2D eigenvalue weighted by Gasteiger charge is 2.36. The van der Waals surface area contributed by atoms with E-state index in [1.54, 1.807) is 6.08 Å². The molecule has 2 rings (SSSR count). The van der Waals surface area contributed by atoms with Crippen LogP contribution in [-0.4, -0.2) is 11.3 Å². The van der Waals surface area contributed by atoms with Gasteiger partial charge in [-0.3, -0.25) is 0 Å². The average molecular weight is 288 g/mol. The quantitative estimate of drug-likeness (QED) is 0.862. The Morgan fingerprint density at radius 2 is 2.11 bits per heavy atom. The molecule has 1 N–H and O–H groups in total. The minimum atomic E-state index is -4.28. The maximum atomic E-state index is 12.6. The molecule has 104 valence electrons. The van der Waals surface area contributed by atoms with Crippen LogP contribution in [-0.2, 0) is 12.0 Å². The van der Waals surface area contributed by atoms with Gasteiger partial charge in [-0.1, -0.05) is 25.2 Å². The Morgan fingerprint density at radius 1 is 1.42 bits per heavy atom. The van der Waals surface area contributed by atoms with Crippen LogP contribution >= 0.6 is 11.3 Å². The van der Waals surface area contributed by atoms with Gasteiger partial charge in [0, 0.05) is 15.2 Å². The van der Waals surface area contributed by atoms with Crippen molar-refractivity contribution in [3.8, 4) is 0 Å². The molecule has 0 amide bonds. The lowest BCUT2D eigenvalue weighted by atomic mass is 9.80. The molecule has 0 aromatic carbocycles. The van der Waals surface area contributed by atoms with Crippen LogP contribution < -0.4 is 0 Å². The highest BCUT2D eigenvalue weighted by atomic mass is 32.1. The van der Waals surface area contributed by atoms with Crippen molar-refractivity contribution < 1.29 is 18.3 Å². The van der Waals surface area contributed by atoms with Crippen LogP contribution in [0.3, 0.4) is 0 Å². The lowest BCUT2D eigenvalue weighted by Crippen LogP contribution is -2.22. The molecule has 1 atom stereocenters. The second kappa shape index (κ2) is 4.80. The summed E-state index contributed by atoms with van der Waals surface area (Å²) in [5, 5.41) is 9.19. The maximum Gasteiger partial charge on any atom is 0.416 e. The van der Waals surface area contributed by atoms with Crippen molar-refractivity contribution in [2.45, 2.75) is 38.5 Å². The molecule has 0 radical (unpaired) electrons. The maximum absolute atomic E-state index is 12.6. The Balaban J connectivity index is 2.28. The van der Waals surface area contributed by atoms with E-state index in [1.807, 2.05) is 19.9 Å². The molecule has 1 nitrogen and oxygen atoms in total. The number of thiophene rings is 1. The Morgan fingerprint density at radius 3 is 2.53 bits per heavy atom. The molecule has 0 spiro atoms. The van der Waals surface area contributed by atoms with Crippen molar-refractivity contribution in [1.29, 1.82) is 0 Å². The van der Waals surface area contributed by atoms with Gasteiger partial charge >= 0.3 is 6.18 Å². The molecule has 0 aliphatic heterocycles. The second-order valence-corrected chi connectivity index (χ2v) is 6.12. The van der Waals surface area contributed by atoms with Gasteiger partial charge in [0.25, 0.3) is 0 Å². The highest BCUT2D eigenvalue weighted by Crippen LogP contribution is 2.41. The molecule has 0 saturated carbocycles. The summed E-state index contributed by atoms with van der Waals surface area (Å²) in [7, 11) is 0. The minimum Gasteiger partial charge on any atom is -0.391 e. The number of halogens is 3. The van der Waals surface area contributed by atoms with Crippen molar-refractivity contribution in [3.63, 3.8) is 0 Å². The number of allylic oxidation sites excluding steroid dienone is 4. The van der Waals surface area contributed by atoms with Crippen molar-refractivity contribution in [2.75, 3.05) is 0 Å². The molecule has 1 aliphatic rings. The fraction of sp³-hybridized carbons (Fsp3) is 0.429. The molecule has 1 aliphatic carbocycles. The third-order valence-corrected chi connectivity index (χ3v) is 4.93. The van der Waals surface area contributed by atoms with Crippen LogP contribution in [0.1, 0.15) is 28.7 Å². The summed E-state index contributed by atoms with van der Waals surface area (Å²) >= 11 is 1.46. The lowest BCUT2D eigenvalue weighted by molar-refractivity contribution is -0.0887. The van der Waals surface area contributed by atoms with Gasteiger partial charge in [0.15, 0.2) is 0 Å². The summed E-state index contributed by atoms with van der Waals surface area (Å²) in [6, 6.07) is 1.95. The van der Waals surface area contributed by atoms with E-state index in [0.717, 1.165) is 21.4 Å². The number of aliphatic hydroxyl groups excluding tert-OH is 1. The molecule has 1 aromatic rings. The summed E-state index contributed by atoms with van der Waals surface area (Å²) in [6.07, 6.45) is 0.0513. The number of aryl methyl sites for hydroxylation is 1. The van der Waals surface area contributed by atoms with Crippen molar-refractivity contribution in [2.24, 2.45) is 0 Å². The number of aliphatic hydroxyl groups is 1. The molecule has 1 heterocycles. The summed E-state index contributed by atoms with van der Waals surface area (Å²) in [5.41, 5.74) is -0.0132. The fourth-order valence-corrected chi connectivity index (χ4v) is 3.25. The summed E-state index contributed by atoms with van der Waals surface area (Å²) in [6.45, 7) is 3.79. The van der Waals surface area contributed by atoms with Gasteiger partial charge < -0.3 is 5.11 Å². The van der Waals surface area contributed by atoms with E-state index in [2.05, 4.69) is 0 Å². The van der Waals surface area contributed by atoms with Crippen LogP contribution in [0.25, 0.3) is 0 Å². The predicted octanol–water partition coefficient (Wildman–Crippen LogP) is 4.26. The monoisotopic (exact) mass is 288 g/mol. The van der Waals surface area contributed by atoms with E-state index >= 15 is 0 Å². The number of hydrogen-bond acceptors (Lipinski definition) is 2. The zero-order chi connectivity index (χ0) is 14.3. The fourth-order valence-electron chi connectivity index (χ4n) is 2.08. The van der Waals surface area contributed by atoms with E-state index in [0.29, 0.717) is 6.42 Å². The van der Waals surface area contributed by atoms with Crippen LogP contribution in [0.15, 0.2) is 29.9 Å². The molecule has 19 heavy (non-hydrogen) atoms. The molecule has 0 saturated heterocycles. The standard InChI is InChI=1S/C14H15F3OS/c1-9-7-12(19-11(9)8-18)13(2)5-3-10(4-6-13)14(15,16)17/h3-5,7,18H,6,8H2,1-2H3. The smallest absolute Gasteiger partial charge is 0.391 e. The number of hydrogen-bond donors (Lipinski definition) is 1. The third-order valence-electron chi connectivity index (χ3n) is 3.43. The lowest BCUT2D eigenvalue weighted by Gasteiger charge is -2.27. The molecular formula is C14H15F3OS. The van der Waals surface area contributed by atoms with Crippen molar-refractivity contribution in [3.05, 3.63) is 45.2 Å². The van der Waals surface area contributed by atoms with Crippen LogP contribution in [0, 0.1) is 6.92 Å². The molecule has 0 bridgehead atoms. The average Bonchev–Trinajstić information content (AvgIpc) is 2.70. The molecule has 1 unspecified atom stereocenters. The highest BCUT2D eigenvalue weighted by molar-refractivity contribution is 7.12. The minimum absolute atomic E-state index is 0.0278. The van der Waals surface area contributed by atoms with Gasteiger partial charge in [0.2, 0.25) is 0 Å². The molecular weight excluding hydrogens is 273 g/mol. The van der Waals surface area contributed by atoms with Crippen LogP contribution in [0.4, 0.5) is 13.2 Å². The van der Waals surface area contributed by atoms with E-state index in [9.17, 15) is 18.3 Å². The summed E-state index contributed by atoms with van der Waals surface area (Å²) in [4.78, 5) is 1.86. The molecule has 5 heteroatoms. The summed E-state index contributed by atoms with van der Waals surface area (Å²) < 4.78 is 37.7. The first-order chi connectivity index (χ1) is 8.76. The van der Waals surface area contributed by atoms with E-state index in [1.165, 1.54) is 17.4 Å². The first-order valence-corrected chi connectivity index (χ1v) is 6.75. The molecule has 0 fully saturated rings. The van der Waals surface area contributed by atoms with E-state index in [-0.39, 0.29) is 6.61 Å². The van der Waals surface area contributed by atoms with Gasteiger partial charge in [-0.25, -0.2) is 0 Å². The third kappa shape index (κ3) is 2.77. The van der Waals surface area contributed by atoms with E-state index in [4.69, 9.17) is 0 Å². The van der Waals surface area contributed by atoms with Gasteiger partial charge in [-0.2, -0.15) is 13.2 Å². The normalized spacial score (nSPS) is 23.6. The van der Waals surface area contributed by atoms with Gasteiger partial charge in [-0.05, 0) is 25.0 Å². The van der Waals surface area contributed by atoms with Crippen LogP contribution in [0.2, 0.25) is 0 Å². The first kappa shape index (κ1) is 14.3. The Hall–Kier alpha value is -1.07. The second-order valence-electron chi connectivity index (χ2n) is 4.99. The Bertz CT molecular complexity index is 539. The van der Waals surface area contributed by atoms with Gasteiger partial charge in [0.1, 0.15) is 0 Å². The Kier molecular flexibility index (Phi) is 3.62.